The Labute approximate surface area is 189 Å². The van der Waals surface area contributed by atoms with Gasteiger partial charge >= 0.3 is 0 Å². The van der Waals surface area contributed by atoms with E-state index in [1.54, 1.807) is 6.07 Å². The average Bonchev–Trinajstić information content (AvgIpc) is 3.09. The summed E-state index contributed by atoms with van der Waals surface area (Å²) in [6.07, 6.45) is 1.43. The highest BCUT2D eigenvalue weighted by Crippen LogP contribution is 2.42. The number of aromatic nitrogens is 2. The van der Waals surface area contributed by atoms with E-state index in [4.69, 9.17) is 22.5 Å². The van der Waals surface area contributed by atoms with Gasteiger partial charge in [0.2, 0.25) is 15.3 Å². The first-order valence-corrected chi connectivity index (χ1v) is 11.6. The summed E-state index contributed by atoms with van der Waals surface area (Å²) in [7, 11) is -4.73. The predicted molar refractivity (Wildman–Crippen MR) is 116 cm³/mol. The third-order valence-electron chi connectivity index (χ3n) is 4.51. The lowest BCUT2D eigenvalue weighted by Crippen LogP contribution is -2.28. The van der Waals surface area contributed by atoms with Crippen molar-refractivity contribution in [3.63, 3.8) is 0 Å². The maximum absolute atomic E-state index is 15.6. The number of rotatable bonds is 4. The summed E-state index contributed by atoms with van der Waals surface area (Å²) in [5, 5.41) is 7.83. The van der Waals surface area contributed by atoms with Crippen molar-refractivity contribution in [2.24, 2.45) is 10.9 Å². The fourth-order valence-corrected chi connectivity index (χ4v) is 5.01. The van der Waals surface area contributed by atoms with Crippen LogP contribution in [0.4, 0.5) is 13.2 Å². The van der Waals surface area contributed by atoms with Crippen LogP contribution in [0.3, 0.4) is 0 Å². The zero-order chi connectivity index (χ0) is 23.2. The van der Waals surface area contributed by atoms with Crippen LogP contribution >= 0.6 is 23.4 Å². The number of hydrogen-bond donors (Lipinski definition) is 3. The van der Waals surface area contributed by atoms with Crippen molar-refractivity contribution in [1.29, 1.82) is 0 Å². The molecule has 1 atom stereocenters. The molecule has 1 aliphatic heterocycles. The lowest BCUT2D eigenvalue weighted by molar-refractivity contribution is 0.520. The van der Waals surface area contributed by atoms with Gasteiger partial charge in [0.05, 0.1) is 16.3 Å². The van der Waals surface area contributed by atoms with Gasteiger partial charge in [-0.25, -0.2) is 36.7 Å². The molecule has 1 unspecified atom stereocenters. The number of nitrogens with one attached hydrogen (secondary N) is 1. The Kier molecular flexibility index (Phi) is 5.90. The summed E-state index contributed by atoms with van der Waals surface area (Å²) in [6.45, 7) is 0. The third-order valence-corrected chi connectivity index (χ3v) is 6.66. The van der Waals surface area contributed by atoms with Crippen molar-refractivity contribution >= 4 is 44.0 Å². The number of benzene rings is 2. The molecular weight excluding hydrogens is 487 g/mol. The van der Waals surface area contributed by atoms with Gasteiger partial charge in [-0.3, -0.25) is 0 Å². The van der Waals surface area contributed by atoms with Crippen LogP contribution < -0.4 is 16.2 Å². The van der Waals surface area contributed by atoms with Crippen LogP contribution in [0, 0.1) is 17.5 Å². The molecule has 4 rings (SSSR count). The fraction of sp³-hybridized carbons (Fsp3) is 0.0526. The molecule has 3 aromatic rings. The molecule has 0 amide bonds. The third kappa shape index (κ3) is 4.07. The number of sulfonamides is 1. The second-order valence-electron chi connectivity index (χ2n) is 6.55. The topological polar surface area (TPSA) is 124 Å². The Morgan fingerprint density at radius 3 is 2.41 bits per heavy atom. The molecule has 0 fully saturated rings. The van der Waals surface area contributed by atoms with E-state index in [0.29, 0.717) is 16.7 Å². The molecule has 0 radical (unpaired) electrons. The van der Waals surface area contributed by atoms with Gasteiger partial charge < -0.3 is 11.1 Å². The van der Waals surface area contributed by atoms with Crippen LogP contribution in [0.25, 0.3) is 21.7 Å². The van der Waals surface area contributed by atoms with Crippen molar-refractivity contribution in [3.8, 4) is 11.1 Å². The molecule has 32 heavy (non-hydrogen) atoms. The Balaban J connectivity index is 1.92. The van der Waals surface area contributed by atoms with Crippen molar-refractivity contribution < 1.29 is 21.6 Å². The summed E-state index contributed by atoms with van der Waals surface area (Å²) in [6, 6.07) is 7.28. The van der Waals surface area contributed by atoms with Gasteiger partial charge in [-0.15, -0.1) is 0 Å². The number of primary sulfonamides is 1. The first-order chi connectivity index (χ1) is 15.1. The summed E-state index contributed by atoms with van der Waals surface area (Å²) in [5.41, 5.74) is 5.22. The zero-order valence-electron chi connectivity index (χ0n) is 15.8. The monoisotopic (exact) mass is 499 g/mol. The molecule has 2 heterocycles. The molecule has 166 valence electrons. The molecule has 0 bridgehead atoms. The molecule has 0 aliphatic carbocycles. The number of nitrogens with two attached hydrogens (primary N) is 2. The summed E-state index contributed by atoms with van der Waals surface area (Å²) >= 11 is 7.02. The molecule has 5 N–H and O–H groups in total. The lowest BCUT2D eigenvalue weighted by atomic mass is 9.99. The van der Waals surface area contributed by atoms with Crippen LogP contribution in [-0.4, -0.2) is 23.9 Å². The van der Waals surface area contributed by atoms with E-state index in [0.717, 1.165) is 17.8 Å². The summed E-state index contributed by atoms with van der Waals surface area (Å²) < 4.78 is 67.7. The van der Waals surface area contributed by atoms with Crippen LogP contribution in [0.1, 0.15) is 11.3 Å². The van der Waals surface area contributed by atoms with E-state index in [9.17, 15) is 17.2 Å². The van der Waals surface area contributed by atoms with Crippen molar-refractivity contribution in [3.05, 3.63) is 76.6 Å². The van der Waals surface area contributed by atoms with Crippen LogP contribution in [0.5, 0.6) is 0 Å². The van der Waals surface area contributed by atoms with Crippen LogP contribution in [0.2, 0.25) is 5.28 Å². The summed E-state index contributed by atoms with van der Waals surface area (Å²) in [5.74, 6) is -3.77. The maximum atomic E-state index is 15.6. The SMILES string of the molecule is NC1NC(c2cccc(-c3ccc(F)c(S(N)(=O)=O)c3F)c2F)=C(c2ccnc(Cl)n2)S1. The Bertz CT molecular complexity index is 1390. The first-order valence-electron chi connectivity index (χ1n) is 8.80. The number of hydrogen-bond acceptors (Lipinski definition) is 7. The van der Waals surface area contributed by atoms with E-state index < -0.39 is 43.4 Å². The van der Waals surface area contributed by atoms with E-state index in [1.165, 1.54) is 24.4 Å². The Morgan fingerprint density at radius 1 is 1.03 bits per heavy atom. The van der Waals surface area contributed by atoms with Gasteiger partial charge in [-0.1, -0.05) is 23.9 Å². The van der Waals surface area contributed by atoms with Gasteiger partial charge in [-0.05, 0) is 35.9 Å². The van der Waals surface area contributed by atoms with Crippen LogP contribution in [0.15, 0.2) is 47.5 Å². The average molecular weight is 500 g/mol. The molecule has 0 saturated heterocycles. The molecule has 0 spiro atoms. The fourth-order valence-electron chi connectivity index (χ4n) is 3.21. The highest BCUT2D eigenvalue weighted by atomic mass is 35.5. The van der Waals surface area contributed by atoms with Crippen molar-refractivity contribution in [2.45, 2.75) is 10.4 Å². The molecular formula is C19H13ClF3N5O2S2. The number of thioether (sulfide) groups is 1. The minimum atomic E-state index is -4.73. The van der Waals surface area contributed by atoms with Gasteiger partial charge in [0, 0.05) is 22.9 Å². The largest absolute Gasteiger partial charge is 0.360 e. The standard InChI is InChI=1S/C19H13ClF3N5O2S2/c20-18-26-7-6-12(27-18)16-15(28-19(24)31-16)10-3-1-2-8(13(10)22)9-4-5-11(21)17(14(9)23)32(25,29)30/h1-7,19,28H,24H2,(H2,25,29,30). The van der Waals surface area contributed by atoms with Gasteiger partial charge in [-0.2, -0.15) is 0 Å². The number of nitrogens with zero attached hydrogens (tertiary/aromatic N) is 2. The smallest absolute Gasteiger partial charge is 0.243 e. The van der Waals surface area contributed by atoms with Gasteiger partial charge in [0.15, 0.2) is 10.7 Å². The lowest BCUT2D eigenvalue weighted by Gasteiger charge is -2.14. The predicted octanol–water partition coefficient (Wildman–Crippen LogP) is 3.27. The molecule has 13 heteroatoms. The summed E-state index contributed by atoms with van der Waals surface area (Å²) in [4.78, 5) is 7.06. The van der Waals surface area contributed by atoms with Crippen LogP contribution in [-0.2, 0) is 10.0 Å². The molecule has 1 aliphatic rings. The first kappa shape index (κ1) is 22.6. The highest BCUT2D eigenvalue weighted by molar-refractivity contribution is 8.09. The normalized spacial score (nSPS) is 16.4. The van der Waals surface area contributed by atoms with Crippen molar-refractivity contribution in [2.75, 3.05) is 0 Å². The Morgan fingerprint density at radius 2 is 1.72 bits per heavy atom. The van der Waals surface area contributed by atoms with E-state index >= 15 is 4.39 Å². The minimum Gasteiger partial charge on any atom is -0.360 e. The minimum absolute atomic E-state index is 0.00793. The number of halogens is 4. The zero-order valence-corrected chi connectivity index (χ0v) is 18.2. The van der Waals surface area contributed by atoms with E-state index in [1.807, 2.05) is 0 Å². The van der Waals surface area contributed by atoms with E-state index in [2.05, 4.69) is 15.3 Å². The molecule has 2 aromatic carbocycles. The van der Waals surface area contributed by atoms with Crippen molar-refractivity contribution in [1.82, 2.24) is 15.3 Å². The molecule has 1 aromatic heterocycles. The molecule has 7 nitrogen and oxygen atoms in total. The van der Waals surface area contributed by atoms with Gasteiger partial charge in [0.25, 0.3) is 0 Å². The second kappa shape index (κ2) is 8.37. The van der Waals surface area contributed by atoms with E-state index in [-0.39, 0.29) is 22.1 Å². The maximum Gasteiger partial charge on any atom is 0.243 e. The quantitative estimate of drug-likeness (QED) is 0.470. The second-order valence-corrected chi connectivity index (χ2v) is 9.54. The van der Waals surface area contributed by atoms with Gasteiger partial charge in [0.1, 0.15) is 17.1 Å². The highest BCUT2D eigenvalue weighted by Gasteiger charge is 2.29. The molecule has 0 saturated carbocycles. The Hall–Kier alpha value is -2.64.